The van der Waals surface area contributed by atoms with E-state index in [4.69, 9.17) is 9.47 Å². The predicted molar refractivity (Wildman–Crippen MR) is 52.9 cm³/mol. The van der Waals surface area contributed by atoms with E-state index in [9.17, 15) is 0 Å². The van der Waals surface area contributed by atoms with Gasteiger partial charge in [0.15, 0.2) is 0 Å². The third-order valence-electron chi connectivity index (χ3n) is 2.86. The van der Waals surface area contributed by atoms with Crippen molar-refractivity contribution in [2.75, 3.05) is 33.9 Å². The Balaban J connectivity index is 2.46. The van der Waals surface area contributed by atoms with Gasteiger partial charge in [0.1, 0.15) is 0 Å². The van der Waals surface area contributed by atoms with E-state index in [0.29, 0.717) is 11.5 Å². The molecule has 2 unspecified atom stereocenters. The minimum atomic E-state index is 0.310. The Labute approximate surface area is 80.8 Å². The van der Waals surface area contributed by atoms with Crippen LogP contribution in [0.15, 0.2) is 0 Å². The number of nitrogens with one attached hydrogen (secondary N) is 1. The van der Waals surface area contributed by atoms with Gasteiger partial charge in [-0.1, -0.05) is 0 Å². The lowest BCUT2D eigenvalue weighted by Crippen LogP contribution is -2.36. The Morgan fingerprint density at radius 1 is 1.62 bits per heavy atom. The second-order valence-corrected chi connectivity index (χ2v) is 4.08. The van der Waals surface area contributed by atoms with Crippen molar-refractivity contribution in [2.24, 2.45) is 5.41 Å². The molecule has 0 aromatic heterocycles. The van der Waals surface area contributed by atoms with Gasteiger partial charge in [-0.3, -0.25) is 0 Å². The lowest BCUT2D eigenvalue weighted by molar-refractivity contribution is 0.0553. The van der Waals surface area contributed by atoms with Crippen LogP contribution in [0.4, 0.5) is 0 Å². The van der Waals surface area contributed by atoms with Crippen molar-refractivity contribution in [1.29, 1.82) is 0 Å². The first-order valence-electron chi connectivity index (χ1n) is 4.97. The highest BCUT2D eigenvalue weighted by Gasteiger charge is 2.35. The molecule has 0 spiro atoms. The standard InChI is InChI=1S/C10H21NO2/c1-9(12-3)6-10(7-11-2)4-5-13-8-10/h9,11H,4-8H2,1-3H3. The van der Waals surface area contributed by atoms with Gasteiger partial charge < -0.3 is 14.8 Å². The van der Waals surface area contributed by atoms with E-state index < -0.39 is 0 Å². The van der Waals surface area contributed by atoms with Crippen LogP contribution in [-0.2, 0) is 9.47 Å². The predicted octanol–water partition coefficient (Wildman–Crippen LogP) is 1.04. The van der Waals surface area contributed by atoms with Crippen molar-refractivity contribution in [3.63, 3.8) is 0 Å². The van der Waals surface area contributed by atoms with Crippen molar-refractivity contribution < 1.29 is 9.47 Å². The quantitative estimate of drug-likeness (QED) is 0.697. The summed E-state index contributed by atoms with van der Waals surface area (Å²) >= 11 is 0. The third kappa shape index (κ3) is 2.93. The molecule has 0 radical (unpaired) electrons. The summed E-state index contributed by atoms with van der Waals surface area (Å²) in [4.78, 5) is 0. The molecular weight excluding hydrogens is 166 g/mol. The number of rotatable bonds is 5. The van der Waals surface area contributed by atoms with Gasteiger partial charge >= 0.3 is 0 Å². The normalized spacial score (nSPS) is 30.7. The van der Waals surface area contributed by atoms with Crippen LogP contribution in [0.1, 0.15) is 19.8 Å². The van der Waals surface area contributed by atoms with Crippen molar-refractivity contribution in [1.82, 2.24) is 5.32 Å². The summed E-state index contributed by atoms with van der Waals surface area (Å²) in [6, 6.07) is 0. The molecule has 0 saturated carbocycles. The Kier molecular flexibility index (Phi) is 4.16. The zero-order valence-electron chi connectivity index (χ0n) is 8.93. The molecule has 1 heterocycles. The molecule has 3 heteroatoms. The molecule has 1 fully saturated rings. The fourth-order valence-electron chi connectivity index (χ4n) is 2.09. The van der Waals surface area contributed by atoms with Crippen LogP contribution < -0.4 is 5.32 Å². The van der Waals surface area contributed by atoms with Crippen molar-refractivity contribution in [3.8, 4) is 0 Å². The monoisotopic (exact) mass is 187 g/mol. The van der Waals surface area contributed by atoms with Crippen molar-refractivity contribution in [3.05, 3.63) is 0 Å². The van der Waals surface area contributed by atoms with Gasteiger partial charge in [-0.15, -0.1) is 0 Å². The van der Waals surface area contributed by atoms with E-state index in [1.807, 2.05) is 7.05 Å². The maximum absolute atomic E-state index is 5.46. The van der Waals surface area contributed by atoms with Crippen LogP contribution in [0.3, 0.4) is 0 Å². The number of hydrogen-bond donors (Lipinski definition) is 1. The van der Waals surface area contributed by atoms with E-state index in [1.54, 1.807) is 7.11 Å². The third-order valence-corrected chi connectivity index (χ3v) is 2.86. The summed E-state index contributed by atoms with van der Waals surface area (Å²) in [5.41, 5.74) is 0.310. The van der Waals surface area contributed by atoms with Gasteiger partial charge in [0.25, 0.3) is 0 Å². The highest BCUT2D eigenvalue weighted by Crippen LogP contribution is 2.33. The number of ether oxygens (including phenoxy) is 2. The second kappa shape index (κ2) is 4.94. The molecular formula is C10H21NO2. The van der Waals surface area contributed by atoms with Crippen LogP contribution >= 0.6 is 0 Å². The van der Waals surface area contributed by atoms with Crippen LogP contribution in [0.5, 0.6) is 0 Å². The van der Waals surface area contributed by atoms with E-state index in [1.165, 1.54) is 0 Å². The highest BCUT2D eigenvalue weighted by atomic mass is 16.5. The molecule has 0 bridgehead atoms. The Morgan fingerprint density at radius 3 is 2.85 bits per heavy atom. The van der Waals surface area contributed by atoms with Gasteiger partial charge in [-0.05, 0) is 26.8 Å². The summed E-state index contributed by atoms with van der Waals surface area (Å²) in [5, 5.41) is 3.24. The van der Waals surface area contributed by atoms with Crippen LogP contribution in [0.2, 0.25) is 0 Å². The van der Waals surface area contributed by atoms with Crippen molar-refractivity contribution >= 4 is 0 Å². The Bertz CT molecular complexity index is 144. The lowest BCUT2D eigenvalue weighted by atomic mass is 9.82. The summed E-state index contributed by atoms with van der Waals surface area (Å²) in [6.07, 6.45) is 2.57. The molecule has 3 nitrogen and oxygen atoms in total. The van der Waals surface area contributed by atoms with Crippen molar-refractivity contribution in [2.45, 2.75) is 25.9 Å². The fraction of sp³-hybridized carbons (Fsp3) is 1.00. The molecule has 13 heavy (non-hydrogen) atoms. The molecule has 2 atom stereocenters. The SMILES string of the molecule is CNCC1(CC(C)OC)CCOC1. The van der Waals surface area contributed by atoms with Gasteiger partial charge in [-0.2, -0.15) is 0 Å². The van der Waals surface area contributed by atoms with E-state index in [-0.39, 0.29) is 0 Å². The summed E-state index contributed by atoms with van der Waals surface area (Å²) in [6.45, 7) is 4.93. The lowest BCUT2D eigenvalue weighted by Gasteiger charge is -2.29. The van der Waals surface area contributed by atoms with Gasteiger partial charge in [0, 0.05) is 25.7 Å². The molecule has 0 aromatic carbocycles. The van der Waals surface area contributed by atoms with Crippen LogP contribution in [0.25, 0.3) is 0 Å². The molecule has 1 N–H and O–H groups in total. The first-order valence-corrected chi connectivity index (χ1v) is 4.97. The summed E-state index contributed by atoms with van der Waals surface area (Å²) in [5.74, 6) is 0. The minimum Gasteiger partial charge on any atom is -0.382 e. The topological polar surface area (TPSA) is 30.5 Å². The average Bonchev–Trinajstić information content (AvgIpc) is 2.54. The minimum absolute atomic E-state index is 0.310. The van der Waals surface area contributed by atoms with E-state index in [2.05, 4.69) is 12.2 Å². The molecule has 0 aliphatic carbocycles. The van der Waals surface area contributed by atoms with Gasteiger partial charge in [-0.25, -0.2) is 0 Å². The maximum Gasteiger partial charge on any atom is 0.0549 e. The zero-order chi connectivity index (χ0) is 9.73. The van der Waals surface area contributed by atoms with Gasteiger partial charge in [0.2, 0.25) is 0 Å². The number of methoxy groups -OCH3 is 1. The Morgan fingerprint density at radius 2 is 2.38 bits per heavy atom. The van der Waals surface area contributed by atoms with E-state index in [0.717, 1.165) is 32.6 Å². The smallest absolute Gasteiger partial charge is 0.0549 e. The second-order valence-electron chi connectivity index (χ2n) is 4.08. The summed E-state index contributed by atoms with van der Waals surface area (Å²) in [7, 11) is 3.77. The largest absolute Gasteiger partial charge is 0.382 e. The zero-order valence-corrected chi connectivity index (χ0v) is 8.93. The number of hydrogen-bond acceptors (Lipinski definition) is 3. The first-order chi connectivity index (χ1) is 6.22. The first kappa shape index (κ1) is 11.0. The molecule has 1 aliphatic rings. The molecule has 0 aromatic rings. The molecule has 0 amide bonds. The van der Waals surface area contributed by atoms with Crippen LogP contribution in [-0.4, -0.2) is 40.0 Å². The molecule has 1 saturated heterocycles. The average molecular weight is 187 g/mol. The molecule has 1 aliphatic heterocycles. The van der Waals surface area contributed by atoms with Crippen LogP contribution in [0, 0.1) is 5.41 Å². The highest BCUT2D eigenvalue weighted by molar-refractivity contribution is 4.86. The maximum atomic E-state index is 5.46. The Hall–Kier alpha value is -0.120. The molecule has 78 valence electrons. The molecule has 1 rings (SSSR count). The summed E-state index contributed by atoms with van der Waals surface area (Å²) < 4.78 is 10.8. The van der Waals surface area contributed by atoms with Gasteiger partial charge in [0.05, 0.1) is 12.7 Å². The van der Waals surface area contributed by atoms with E-state index >= 15 is 0 Å². The fourth-order valence-corrected chi connectivity index (χ4v) is 2.09.